The fourth-order valence-electron chi connectivity index (χ4n) is 5.15. The number of thioether (sulfide) groups is 1. The predicted molar refractivity (Wildman–Crippen MR) is 164 cm³/mol. The number of Topliss-reactive ketones (excluding diaryl/α,β-unsaturated/α-hetero) is 1. The summed E-state index contributed by atoms with van der Waals surface area (Å²) in [5.41, 5.74) is 0.395. The summed E-state index contributed by atoms with van der Waals surface area (Å²) in [6, 6.07) is 15.6. The van der Waals surface area contributed by atoms with E-state index in [0.29, 0.717) is 35.6 Å². The normalized spacial score (nSPS) is 20.0. The Morgan fingerprint density at radius 1 is 1.00 bits per heavy atom. The first-order valence-electron chi connectivity index (χ1n) is 14.9. The third-order valence-corrected chi connectivity index (χ3v) is 9.35. The molecule has 1 amide bonds. The van der Waals surface area contributed by atoms with Crippen LogP contribution < -0.4 is 10.1 Å². The van der Waals surface area contributed by atoms with Gasteiger partial charge in [0.15, 0.2) is 0 Å². The Balaban J connectivity index is 1.32. The van der Waals surface area contributed by atoms with Crippen LogP contribution in [0, 0.1) is 5.92 Å². The lowest BCUT2D eigenvalue weighted by molar-refractivity contribution is -0.134. The molecule has 4 atom stereocenters. The lowest BCUT2D eigenvalue weighted by atomic mass is 9.98. The molecule has 3 rings (SSSR count). The van der Waals surface area contributed by atoms with Crippen molar-refractivity contribution in [1.29, 1.82) is 0 Å². The maximum absolute atomic E-state index is 12.5. The van der Waals surface area contributed by atoms with Gasteiger partial charge in [-0.05, 0) is 62.6 Å². The minimum Gasteiger partial charge on any atom is -0.427 e. The summed E-state index contributed by atoms with van der Waals surface area (Å²) in [7, 11) is 0. The highest BCUT2D eigenvalue weighted by Crippen LogP contribution is 2.38. The van der Waals surface area contributed by atoms with Gasteiger partial charge in [-0.2, -0.15) is 11.8 Å². The van der Waals surface area contributed by atoms with Gasteiger partial charge in [-0.3, -0.25) is 14.4 Å². The number of amides is 1. The van der Waals surface area contributed by atoms with E-state index in [0.717, 1.165) is 51.4 Å². The molecular weight excluding hydrogens is 538 g/mol. The van der Waals surface area contributed by atoms with E-state index in [1.807, 2.05) is 13.0 Å². The maximum Gasteiger partial charge on any atom is 0.311 e. The molecule has 0 spiro atoms. The Labute approximate surface area is 248 Å². The smallest absolute Gasteiger partial charge is 0.311 e. The Hall–Kier alpha value is -2.68. The molecule has 0 saturated heterocycles. The van der Waals surface area contributed by atoms with Crippen LogP contribution >= 0.6 is 11.8 Å². The molecule has 4 unspecified atom stereocenters. The number of nitrogens with one attached hydrogen (secondary N) is 1. The van der Waals surface area contributed by atoms with Gasteiger partial charge < -0.3 is 20.3 Å². The summed E-state index contributed by atoms with van der Waals surface area (Å²) in [4.78, 5) is 37.1. The molecule has 3 N–H and O–H groups in total. The van der Waals surface area contributed by atoms with Gasteiger partial charge in [0.2, 0.25) is 0 Å². The number of esters is 1. The highest BCUT2D eigenvalue weighted by molar-refractivity contribution is 8.00. The van der Waals surface area contributed by atoms with Crippen molar-refractivity contribution in [2.75, 3.05) is 11.1 Å². The molecule has 0 bridgehead atoms. The van der Waals surface area contributed by atoms with Gasteiger partial charge in [-0.25, -0.2) is 0 Å². The second-order valence-corrected chi connectivity index (χ2v) is 12.5. The largest absolute Gasteiger partial charge is 0.427 e. The highest BCUT2D eigenvalue weighted by atomic mass is 32.2. The maximum atomic E-state index is 12.5. The van der Waals surface area contributed by atoms with Crippen LogP contribution in [-0.4, -0.2) is 50.6 Å². The topological polar surface area (TPSA) is 113 Å². The van der Waals surface area contributed by atoms with E-state index in [1.54, 1.807) is 60.3 Å². The van der Waals surface area contributed by atoms with Crippen LogP contribution in [0.1, 0.15) is 94.8 Å². The summed E-state index contributed by atoms with van der Waals surface area (Å²) in [5.74, 6) is 0.391. The fraction of sp³-hybridized carbons (Fsp3) is 0.545. The summed E-state index contributed by atoms with van der Waals surface area (Å²) in [6.45, 7) is 3.98. The standard InChI is InChI=1S/C33H45NO6S/c1-3-4-12-21-33(2,39)23-41-31-27(28(35)22-29(31)36)15-10-5-6-11-16-30(37)40-26-19-17-25(18-20-26)34-32(38)24-13-8-7-9-14-24/h7-9,13-14,17-20,27,29,31,36,39H,3-6,10-12,15-16,21-23H2,1-2H3,(H,34,38). The van der Waals surface area contributed by atoms with E-state index in [2.05, 4.69) is 12.2 Å². The SMILES string of the molecule is CCCCCC(C)(O)CSC1C(O)CC(=O)C1CCCCCCC(=O)Oc1ccc(NC(=O)c2ccccc2)cc1. The van der Waals surface area contributed by atoms with Crippen molar-refractivity contribution in [3.63, 3.8) is 0 Å². The van der Waals surface area contributed by atoms with Gasteiger partial charge in [-0.1, -0.05) is 63.6 Å². The second kappa shape index (κ2) is 16.7. The van der Waals surface area contributed by atoms with E-state index in [9.17, 15) is 24.6 Å². The number of unbranched alkanes of at least 4 members (excludes halogenated alkanes) is 5. The van der Waals surface area contributed by atoms with Crippen LogP contribution in [0.5, 0.6) is 5.75 Å². The number of carbonyl (C=O) groups excluding carboxylic acids is 3. The number of ether oxygens (including phenoxy) is 1. The van der Waals surface area contributed by atoms with Crippen LogP contribution in [0.4, 0.5) is 5.69 Å². The van der Waals surface area contributed by atoms with Crippen LogP contribution in [0.3, 0.4) is 0 Å². The Morgan fingerprint density at radius 3 is 2.41 bits per heavy atom. The highest BCUT2D eigenvalue weighted by Gasteiger charge is 2.42. The van der Waals surface area contributed by atoms with Gasteiger partial charge in [0, 0.05) is 41.0 Å². The number of hydrogen-bond donors (Lipinski definition) is 3. The molecule has 0 radical (unpaired) electrons. The monoisotopic (exact) mass is 583 g/mol. The van der Waals surface area contributed by atoms with Crippen molar-refractivity contribution in [2.45, 2.75) is 101 Å². The van der Waals surface area contributed by atoms with Gasteiger partial charge in [0.25, 0.3) is 5.91 Å². The summed E-state index contributed by atoms with van der Waals surface area (Å²) in [5, 5.41) is 23.8. The van der Waals surface area contributed by atoms with E-state index in [1.165, 1.54) is 0 Å². The Bertz CT molecular complexity index is 1100. The first kappa shape index (κ1) is 32.8. The quantitative estimate of drug-likeness (QED) is 0.110. The number of aliphatic hydroxyl groups excluding tert-OH is 1. The Kier molecular flexibility index (Phi) is 13.4. The second-order valence-electron chi connectivity index (χ2n) is 11.3. The minimum atomic E-state index is -0.787. The summed E-state index contributed by atoms with van der Waals surface area (Å²) < 4.78 is 5.42. The van der Waals surface area contributed by atoms with E-state index < -0.39 is 11.7 Å². The average molecular weight is 584 g/mol. The van der Waals surface area contributed by atoms with Gasteiger partial charge >= 0.3 is 5.97 Å². The number of rotatable bonds is 17. The zero-order valence-electron chi connectivity index (χ0n) is 24.3. The summed E-state index contributed by atoms with van der Waals surface area (Å²) >= 11 is 1.54. The molecule has 2 aromatic carbocycles. The van der Waals surface area contributed by atoms with Crippen molar-refractivity contribution in [3.8, 4) is 5.75 Å². The molecular formula is C33H45NO6S. The van der Waals surface area contributed by atoms with Crippen LogP contribution in [0.2, 0.25) is 0 Å². The molecule has 1 aliphatic rings. The van der Waals surface area contributed by atoms with Crippen LogP contribution in [0.15, 0.2) is 54.6 Å². The van der Waals surface area contributed by atoms with Crippen molar-refractivity contribution < 1.29 is 29.3 Å². The molecule has 0 aliphatic heterocycles. The molecule has 2 aromatic rings. The van der Waals surface area contributed by atoms with Crippen molar-refractivity contribution in [3.05, 3.63) is 60.2 Å². The number of benzene rings is 2. The molecule has 1 fully saturated rings. The van der Waals surface area contributed by atoms with E-state index in [-0.39, 0.29) is 35.2 Å². The number of hydrogen-bond acceptors (Lipinski definition) is 7. The minimum absolute atomic E-state index is 0.120. The molecule has 7 nitrogen and oxygen atoms in total. The first-order chi connectivity index (χ1) is 19.7. The molecule has 0 heterocycles. The molecule has 224 valence electrons. The fourth-order valence-corrected chi connectivity index (χ4v) is 6.68. The molecule has 8 heteroatoms. The first-order valence-corrected chi connectivity index (χ1v) is 16.0. The molecule has 1 saturated carbocycles. The Morgan fingerprint density at radius 2 is 1.71 bits per heavy atom. The number of ketones is 1. The van der Waals surface area contributed by atoms with Crippen LogP contribution in [-0.2, 0) is 9.59 Å². The zero-order chi connectivity index (χ0) is 29.7. The van der Waals surface area contributed by atoms with Crippen molar-refractivity contribution >= 4 is 35.1 Å². The van der Waals surface area contributed by atoms with Gasteiger partial charge in [0.05, 0.1) is 11.7 Å². The molecule has 41 heavy (non-hydrogen) atoms. The van der Waals surface area contributed by atoms with E-state index in [4.69, 9.17) is 4.74 Å². The average Bonchev–Trinajstić information content (AvgIpc) is 3.22. The third kappa shape index (κ3) is 11.3. The number of aliphatic hydroxyl groups is 2. The van der Waals surface area contributed by atoms with Crippen molar-refractivity contribution in [1.82, 2.24) is 0 Å². The lowest BCUT2D eigenvalue weighted by Gasteiger charge is -2.27. The predicted octanol–water partition coefficient (Wildman–Crippen LogP) is 6.57. The lowest BCUT2D eigenvalue weighted by Crippen LogP contribution is -2.32. The third-order valence-electron chi connectivity index (χ3n) is 7.53. The number of carbonyl (C=O) groups is 3. The van der Waals surface area contributed by atoms with Gasteiger partial charge in [-0.15, -0.1) is 0 Å². The van der Waals surface area contributed by atoms with E-state index >= 15 is 0 Å². The number of anilines is 1. The summed E-state index contributed by atoms with van der Waals surface area (Å²) in [6.07, 6.45) is 7.81. The molecule has 1 aliphatic carbocycles. The zero-order valence-corrected chi connectivity index (χ0v) is 25.2. The van der Waals surface area contributed by atoms with Gasteiger partial charge in [0.1, 0.15) is 11.5 Å². The van der Waals surface area contributed by atoms with Crippen molar-refractivity contribution in [2.24, 2.45) is 5.92 Å². The van der Waals surface area contributed by atoms with Crippen LogP contribution in [0.25, 0.3) is 0 Å². The molecule has 0 aromatic heterocycles.